The Kier molecular flexibility index (Phi) is 6.78. The van der Waals surface area contributed by atoms with E-state index in [1.807, 2.05) is 30.3 Å². The highest BCUT2D eigenvalue weighted by molar-refractivity contribution is 5.85. The van der Waals surface area contributed by atoms with Gasteiger partial charge in [0.15, 0.2) is 0 Å². The van der Waals surface area contributed by atoms with E-state index < -0.39 is 11.7 Å². The van der Waals surface area contributed by atoms with Crippen LogP contribution in [0.3, 0.4) is 0 Å². The first-order valence-electron chi connectivity index (χ1n) is 6.56. The number of alkyl carbamates (subject to hydrolysis) is 1. The first-order chi connectivity index (χ1) is 9.24. The van der Waals surface area contributed by atoms with Crippen molar-refractivity contribution in [3.05, 3.63) is 35.9 Å². The van der Waals surface area contributed by atoms with E-state index in [4.69, 9.17) is 4.74 Å². The largest absolute Gasteiger partial charge is 0.440 e. The van der Waals surface area contributed by atoms with E-state index >= 15 is 0 Å². The van der Waals surface area contributed by atoms with Gasteiger partial charge in [-0.1, -0.05) is 30.3 Å². The molecular formula is C14H21ClN2O3. The molecule has 20 heavy (non-hydrogen) atoms. The van der Waals surface area contributed by atoms with E-state index in [0.717, 1.165) is 18.7 Å². The number of amides is 1. The van der Waals surface area contributed by atoms with Crippen LogP contribution in [-0.4, -0.2) is 36.5 Å². The fourth-order valence-corrected chi connectivity index (χ4v) is 2.18. The zero-order chi connectivity index (χ0) is 13.6. The number of piperidine rings is 1. The van der Waals surface area contributed by atoms with Crippen LogP contribution in [0.25, 0.3) is 0 Å². The van der Waals surface area contributed by atoms with Crippen molar-refractivity contribution in [3.8, 4) is 0 Å². The Morgan fingerprint density at radius 1 is 1.30 bits per heavy atom. The quantitative estimate of drug-likeness (QED) is 0.787. The van der Waals surface area contributed by atoms with Crippen molar-refractivity contribution < 1.29 is 14.6 Å². The molecule has 0 bridgehead atoms. The SMILES string of the molecule is Cl.O=C(NCc1ccccc1)OC1(CO)CCNCC1. The molecule has 6 heteroatoms. The molecule has 0 aliphatic carbocycles. The molecule has 0 radical (unpaired) electrons. The van der Waals surface area contributed by atoms with E-state index in [2.05, 4.69) is 10.6 Å². The van der Waals surface area contributed by atoms with Crippen molar-refractivity contribution in [2.45, 2.75) is 25.0 Å². The van der Waals surface area contributed by atoms with Crippen LogP contribution in [0.1, 0.15) is 18.4 Å². The van der Waals surface area contributed by atoms with Crippen LogP contribution >= 0.6 is 12.4 Å². The number of ether oxygens (including phenoxy) is 1. The Morgan fingerprint density at radius 3 is 2.55 bits per heavy atom. The van der Waals surface area contributed by atoms with Gasteiger partial charge in [0.1, 0.15) is 5.60 Å². The maximum Gasteiger partial charge on any atom is 0.408 e. The Balaban J connectivity index is 0.00000200. The molecule has 2 rings (SSSR count). The zero-order valence-electron chi connectivity index (χ0n) is 11.3. The van der Waals surface area contributed by atoms with Gasteiger partial charge in [0, 0.05) is 19.4 Å². The van der Waals surface area contributed by atoms with Crippen LogP contribution in [0, 0.1) is 0 Å². The zero-order valence-corrected chi connectivity index (χ0v) is 12.1. The molecule has 1 aromatic rings. The molecule has 0 spiro atoms. The van der Waals surface area contributed by atoms with E-state index in [0.29, 0.717) is 19.4 Å². The highest BCUT2D eigenvalue weighted by atomic mass is 35.5. The Hall–Kier alpha value is -1.30. The van der Waals surface area contributed by atoms with Gasteiger partial charge in [-0.25, -0.2) is 4.79 Å². The lowest BCUT2D eigenvalue weighted by atomic mass is 9.93. The van der Waals surface area contributed by atoms with Crippen molar-refractivity contribution in [1.29, 1.82) is 0 Å². The Morgan fingerprint density at radius 2 is 1.95 bits per heavy atom. The summed E-state index contributed by atoms with van der Waals surface area (Å²) in [6, 6.07) is 9.64. The van der Waals surface area contributed by atoms with Gasteiger partial charge in [0.2, 0.25) is 0 Å². The molecule has 1 fully saturated rings. The number of carbonyl (C=O) groups excluding carboxylic acids is 1. The normalized spacial score (nSPS) is 16.9. The summed E-state index contributed by atoms with van der Waals surface area (Å²) in [6.45, 7) is 1.81. The maximum atomic E-state index is 11.8. The second-order valence-corrected chi connectivity index (χ2v) is 4.82. The monoisotopic (exact) mass is 300 g/mol. The molecule has 0 unspecified atom stereocenters. The summed E-state index contributed by atoms with van der Waals surface area (Å²) in [6.07, 6.45) is 0.810. The maximum absolute atomic E-state index is 11.8. The first kappa shape index (κ1) is 16.8. The van der Waals surface area contributed by atoms with Crippen LogP contribution in [0.2, 0.25) is 0 Å². The molecule has 0 saturated carbocycles. The molecule has 3 N–H and O–H groups in total. The van der Waals surface area contributed by atoms with Gasteiger partial charge in [0.25, 0.3) is 0 Å². The van der Waals surface area contributed by atoms with Gasteiger partial charge >= 0.3 is 6.09 Å². The van der Waals surface area contributed by atoms with Gasteiger partial charge in [0.05, 0.1) is 6.61 Å². The highest BCUT2D eigenvalue weighted by Gasteiger charge is 2.35. The predicted octanol–water partition coefficient (Wildman–Crippen LogP) is 1.45. The van der Waals surface area contributed by atoms with Crippen LogP contribution in [-0.2, 0) is 11.3 Å². The number of aliphatic hydroxyl groups excluding tert-OH is 1. The number of benzene rings is 1. The van der Waals surface area contributed by atoms with Crippen molar-refractivity contribution in [3.63, 3.8) is 0 Å². The smallest absolute Gasteiger partial charge is 0.408 e. The number of rotatable bonds is 4. The number of halogens is 1. The molecule has 1 saturated heterocycles. The summed E-state index contributed by atoms with van der Waals surface area (Å²) >= 11 is 0. The van der Waals surface area contributed by atoms with Crippen molar-refractivity contribution in [2.24, 2.45) is 0 Å². The number of hydrogen-bond donors (Lipinski definition) is 3. The minimum absolute atomic E-state index is 0. The molecule has 1 aliphatic heterocycles. The molecule has 112 valence electrons. The van der Waals surface area contributed by atoms with Gasteiger partial charge in [-0.05, 0) is 18.7 Å². The number of aliphatic hydroxyl groups is 1. The van der Waals surface area contributed by atoms with Crippen molar-refractivity contribution >= 4 is 18.5 Å². The van der Waals surface area contributed by atoms with E-state index in [-0.39, 0.29) is 19.0 Å². The van der Waals surface area contributed by atoms with Gasteiger partial charge in [-0.3, -0.25) is 0 Å². The standard InChI is InChI=1S/C14H20N2O3.ClH/c17-11-14(6-8-15-9-7-14)19-13(18)16-10-12-4-2-1-3-5-12;/h1-5,15,17H,6-11H2,(H,16,18);1H. The van der Waals surface area contributed by atoms with Crippen molar-refractivity contribution in [2.75, 3.05) is 19.7 Å². The van der Waals surface area contributed by atoms with E-state index in [1.54, 1.807) is 0 Å². The van der Waals surface area contributed by atoms with Crippen LogP contribution in [0.5, 0.6) is 0 Å². The van der Waals surface area contributed by atoms with Crippen LogP contribution < -0.4 is 10.6 Å². The molecular weight excluding hydrogens is 280 g/mol. The molecule has 1 aromatic carbocycles. The topological polar surface area (TPSA) is 70.6 Å². The molecule has 0 atom stereocenters. The lowest BCUT2D eigenvalue weighted by Gasteiger charge is -2.35. The summed E-state index contributed by atoms with van der Waals surface area (Å²) < 4.78 is 5.41. The van der Waals surface area contributed by atoms with E-state index in [1.165, 1.54) is 0 Å². The van der Waals surface area contributed by atoms with Crippen molar-refractivity contribution in [1.82, 2.24) is 10.6 Å². The molecule has 1 heterocycles. The average molecular weight is 301 g/mol. The fourth-order valence-electron chi connectivity index (χ4n) is 2.18. The predicted molar refractivity (Wildman–Crippen MR) is 78.9 cm³/mol. The minimum Gasteiger partial charge on any atom is -0.440 e. The Labute approximate surface area is 125 Å². The lowest BCUT2D eigenvalue weighted by molar-refractivity contribution is -0.0495. The minimum atomic E-state index is -0.730. The third-order valence-corrected chi connectivity index (χ3v) is 3.39. The van der Waals surface area contributed by atoms with Crippen LogP contribution in [0.4, 0.5) is 4.79 Å². The third-order valence-electron chi connectivity index (χ3n) is 3.39. The number of hydrogen-bond acceptors (Lipinski definition) is 4. The molecule has 5 nitrogen and oxygen atoms in total. The van der Waals surface area contributed by atoms with E-state index in [9.17, 15) is 9.90 Å². The first-order valence-corrected chi connectivity index (χ1v) is 6.56. The van der Waals surface area contributed by atoms with Crippen LogP contribution in [0.15, 0.2) is 30.3 Å². The highest BCUT2D eigenvalue weighted by Crippen LogP contribution is 2.22. The summed E-state index contributed by atoms with van der Waals surface area (Å²) in [5, 5.41) is 15.3. The second-order valence-electron chi connectivity index (χ2n) is 4.82. The summed E-state index contributed by atoms with van der Waals surface area (Å²) in [4.78, 5) is 11.8. The molecule has 1 amide bonds. The van der Waals surface area contributed by atoms with Gasteiger partial charge in [-0.2, -0.15) is 0 Å². The molecule has 1 aliphatic rings. The lowest BCUT2D eigenvalue weighted by Crippen LogP contribution is -2.49. The van der Waals surface area contributed by atoms with Gasteiger partial charge in [-0.15, -0.1) is 12.4 Å². The summed E-state index contributed by atoms with van der Waals surface area (Å²) in [5.41, 5.74) is 0.286. The van der Waals surface area contributed by atoms with Gasteiger partial charge < -0.3 is 20.5 Å². The third kappa shape index (κ3) is 4.67. The number of nitrogens with one attached hydrogen (secondary N) is 2. The fraction of sp³-hybridized carbons (Fsp3) is 0.500. The second kappa shape index (κ2) is 8.09. The Bertz CT molecular complexity index is 408. The summed E-state index contributed by atoms with van der Waals surface area (Å²) in [7, 11) is 0. The number of carbonyl (C=O) groups is 1. The summed E-state index contributed by atoms with van der Waals surface area (Å²) in [5.74, 6) is 0. The molecule has 0 aromatic heterocycles. The average Bonchev–Trinajstić information content (AvgIpc) is 2.47.